The van der Waals surface area contributed by atoms with Crippen molar-refractivity contribution in [1.82, 2.24) is 0 Å². The standard InChI is InChI=1S/C8H10N2O/c1-6(3-7(2)11)8(4-9)5-10/h3,6,8,11H,1-2H3/b7-3-/t6-/m1/s1. The summed E-state index contributed by atoms with van der Waals surface area (Å²) in [6.45, 7) is 3.24. The average molecular weight is 150 g/mol. The summed E-state index contributed by atoms with van der Waals surface area (Å²) < 4.78 is 0. The van der Waals surface area contributed by atoms with Gasteiger partial charge < -0.3 is 5.11 Å². The van der Waals surface area contributed by atoms with E-state index in [1.54, 1.807) is 6.92 Å². The Morgan fingerprint density at radius 2 is 1.91 bits per heavy atom. The van der Waals surface area contributed by atoms with Crippen molar-refractivity contribution in [2.75, 3.05) is 0 Å². The van der Waals surface area contributed by atoms with Crippen LogP contribution in [0.5, 0.6) is 0 Å². The van der Waals surface area contributed by atoms with Gasteiger partial charge in [0.2, 0.25) is 0 Å². The van der Waals surface area contributed by atoms with Crippen molar-refractivity contribution in [2.45, 2.75) is 13.8 Å². The summed E-state index contributed by atoms with van der Waals surface area (Å²) in [6, 6.07) is 3.68. The van der Waals surface area contributed by atoms with Crippen molar-refractivity contribution in [3.8, 4) is 12.1 Å². The second-order valence-electron chi connectivity index (χ2n) is 2.40. The molecule has 0 heterocycles. The van der Waals surface area contributed by atoms with E-state index in [-0.39, 0.29) is 11.7 Å². The molecule has 0 saturated carbocycles. The van der Waals surface area contributed by atoms with Crippen molar-refractivity contribution >= 4 is 0 Å². The Hall–Kier alpha value is -1.48. The Balaban J connectivity index is 4.28. The maximum Gasteiger partial charge on any atom is 0.139 e. The molecule has 0 aromatic heterocycles. The van der Waals surface area contributed by atoms with Gasteiger partial charge in [-0.05, 0) is 13.0 Å². The zero-order valence-corrected chi connectivity index (χ0v) is 6.57. The first-order valence-electron chi connectivity index (χ1n) is 3.28. The lowest BCUT2D eigenvalue weighted by Crippen LogP contribution is -2.04. The van der Waals surface area contributed by atoms with Crippen LogP contribution in [0.4, 0.5) is 0 Å². The van der Waals surface area contributed by atoms with Crippen LogP contribution in [0.3, 0.4) is 0 Å². The zero-order valence-electron chi connectivity index (χ0n) is 6.57. The van der Waals surface area contributed by atoms with E-state index in [1.807, 2.05) is 12.1 Å². The molecule has 0 spiro atoms. The summed E-state index contributed by atoms with van der Waals surface area (Å²) >= 11 is 0. The third-order valence-corrected chi connectivity index (χ3v) is 1.31. The van der Waals surface area contributed by atoms with Gasteiger partial charge >= 0.3 is 0 Å². The van der Waals surface area contributed by atoms with E-state index in [0.29, 0.717) is 0 Å². The first kappa shape index (κ1) is 9.52. The normalized spacial score (nSPS) is 13.7. The molecular formula is C8H10N2O. The van der Waals surface area contributed by atoms with E-state index in [4.69, 9.17) is 15.6 Å². The minimum atomic E-state index is -0.669. The molecule has 58 valence electrons. The highest BCUT2D eigenvalue weighted by molar-refractivity contribution is 5.07. The summed E-state index contributed by atoms with van der Waals surface area (Å²) in [6.07, 6.45) is 1.50. The van der Waals surface area contributed by atoms with Crippen LogP contribution in [0.2, 0.25) is 0 Å². The van der Waals surface area contributed by atoms with Crippen molar-refractivity contribution in [3.05, 3.63) is 11.8 Å². The van der Waals surface area contributed by atoms with Gasteiger partial charge in [0.1, 0.15) is 5.92 Å². The Kier molecular flexibility index (Phi) is 3.77. The molecule has 0 amide bonds. The number of nitrogens with zero attached hydrogens (tertiary/aromatic N) is 2. The van der Waals surface area contributed by atoms with Gasteiger partial charge in [0.25, 0.3) is 0 Å². The Morgan fingerprint density at radius 3 is 2.18 bits per heavy atom. The van der Waals surface area contributed by atoms with Crippen LogP contribution >= 0.6 is 0 Å². The summed E-state index contributed by atoms with van der Waals surface area (Å²) in [7, 11) is 0. The topological polar surface area (TPSA) is 67.8 Å². The van der Waals surface area contributed by atoms with Crippen LogP contribution < -0.4 is 0 Å². The molecule has 0 aliphatic heterocycles. The number of aliphatic hydroxyl groups excluding tert-OH is 1. The lowest BCUT2D eigenvalue weighted by molar-refractivity contribution is 0.403. The van der Waals surface area contributed by atoms with E-state index in [2.05, 4.69) is 0 Å². The van der Waals surface area contributed by atoms with Crippen LogP contribution in [0.1, 0.15) is 13.8 Å². The highest BCUT2D eigenvalue weighted by Crippen LogP contribution is 2.12. The second kappa shape index (κ2) is 4.35. The van der Waals surface area contributed by atoms with Crippen LogP contribution in [0.15, 0.2) is 11.8 Å². The molecule has 1 N–H and O–H groups in total. The van der Waals surface area contributed by atoms with Gasteiger partial charge in [0.15, 0.2) is 0 Å². The molecule has 0 bridgehead atoms. The summed E-state index contributed by atoms with van der Waals surface area (Å²) in [5.74, 6) is -0.736. The molecule has 0 rings (SSSR count). The SMILES string of the molecule is C/C(O)=C/[C@@H](C)C(C#N)C#N. The van der Waals surface area contributed by atoms with Crippen LogP contribution in [0.25, 0.3) is 0 Å². The maximum absolute atomic E-state index is 8.80. The van der Waals surface area contributed by atoms with Gasteiger partial charge in [-0.15, -0.1) is 0 Å². The first-order chi connectivity index (χ1) is 5.11. The molecule has 0 unspecified atom stereocenters. The number of aliphatic hydroxyl groups is 1. The first-order valence-corrected chi connectivity index (χ1v) is 3.28. The minimum Gasteiger partial charge on any atom is -0.513 e. The molecule has 11 heavy (non-hydrogen) atoms. The minimum absolute atomic E-state index is 0.146. The molecule has 0 aliphatic carbocycles. The summed E-state index contributed by atoms with van der Waals surface area (Å²) in [4.78, 5) is 0. The van der Waals surface area contributed by atoms with Gasteiger partial charge in [-0.3, -0.25) is 0 Å². The van der Waals surface area contributed by atoms with Gasteiger partial charge in [-0.25, -0.2) is 0 Å². The molecule has 1 atom stereocenters. The Morgan fingerprint density at radius 1 is 1.45 bits per heavy atom. The molecule has 0 aromatic rings. The number of hydrogen-bond donors (Lipinski definition) is 1. The Labute approximate surface area is 66.2 Å². The van der Waals surface area contributed by atoms with E-state index in [9.17, 15) is 0 Å². The fourth-order valence-corrected chi connectivity index (χ4v) is 0.741. The third kappa shape index (κ3) is 3.27. The van der Waals surface area contributed by atoms with Crippen LogP contribution in [-0.2, 0) is 0 Å². The molecule has 3 heteroatoms. The summed E-state index contributed by atoms with van der Waals surface area (Å²) in [5, 5.41) is 25.7. The van der Waals surface area contributed by atoms with E-state index < -0.39 is 5.92 Å². The molecule has 0 radical (unpaired) electrons. The second-order valence-corrected chi connectivity index (χ2v) is 2.40. The quantitative estimate of drug-likeness (QED) is 0.609. The number of nitriles is 2. The van der Waals surface area contributed by atoms with E-state index >= 15 is 0 Å². The van der Waals surface area contributed by atoms with Crippen LogP contribution in [-0.4, -0.2) is 5.11 Å². The average Bonchev–Trinajstić information content (AvgIpc) is 1.88. The molecule has 0 fully saturated rings. The monoisotopic (exact) mass is 150 g/mol. The molecule has 3 nitrogen and oxygen atoms in total. The van der Waals surface area contributed by atoms with Gasteiger partial charge in [0.05, 0.1) is 17.9 Å². The number of rotatable bonds is 2. The van der Waals surface area contributed by atoms with E-state index in [1.165, 1.54) is 13.0 Å². The fourth-order valence-electron chi connectivity index (χ4n) is 0.741. The predicted molar refractivity (Wildman–Crippen MR) is 40.3 cm³/mol. The molecule has 0 saturated heterocycles. The van der Waals surface area contributed by atoms with Gasteiger partial charge in [-0.2, -0.15) is 10.5 Å². The summed E-state index contributed by atoms with van der Waals surface area (Å²) in [5.41, 5.74) is 0. The highest BCUT2D eigenvalue weighted by atomic mass is 16.3. The Bertz CT molecular complexity index is 213. The largest absolute Gasteiger partial charge is 0.513 e. The van der Waals surface area contributed by atoms with E-state index in [0.717, 1.165) is 0 Å². The van der Waals surface area contributed by atoms with Crippen molar-refractivity contribution < 1.29 is 5.11 Å². The smallest absolute Gasteiger partial charge is 0.139 e. The number of hydrogen-bond acceptors (Lipinski definition) is 3. The van der Waals surface area contributed by atoms with Crippen molar-refractivity contribution in [2.24, 2.45) is 11.8 Å². The molecule has 0 aromatic carbocycles. The molecular weight excluding hydrogens is 140 g/mol. The zero-order chi connectivity index (χ0) is 8.85. The van der Waals surface area contributed by atoms with Crippen LogP contribution in [0, 0.1) is 34.5 Å². The predicted octanol–water partition coefficient (Wildman–Crippen LogP) is 1.75. The van der Waals surface area contributed by atoms with Gasteiger partial charge in [-0.1, -0.05) is 6.92 Å². The third-order valence-electron chi connectivity index (χ3n) is 1.31. The number of allylic oxidation sites excluding steroid dienone is 2. The maximum atomic E-state index is 8.80. The highest BCUT2D eigenvalue weighted by Gasteiger charge is 2.12. The van der Waals surface area contributed by atoms with Gasteiger partial charge in [0, 0.05) is 5.92 Å². The van der Waals surface area contributed by atoms with Crippen molar-refractivity contribution in [1.29, 1.82) is 10.5 Å². The lowest BCUT2D eigenvalue weighted by Gasteiger charge is -2.04. The molecule has 0 aliphatic rings. The fraction of sp³-hybridized carbons (Fsp3) is 0.500. The van der Waals surface area contributed by atoms with Crippen molar-refractivity contribution in [3.63, 3.8) is 0 Å². The lowest BCUT2D eigenvalue weighted by atomic mass is 9.96.